The van der Waals surface area contributed by atoms with Crippen LogP contribution >= 0.6 is 27.5 Å². The van der Waals surface area contributed by atoms with Gasteiger partial charge in [0.1, 0.15) is 0 Å². The lowest BCUT2D eigenvalue weighted by molar-refractivity contribution is 0.601. The zero-order valence-corrected chi connectivity index (χ0v) is 13.0. The number of halogens is 2. The summed E-state index contributed by atoms with van der Waals surface area (Å²) in [6, 6.07) is 9.07. The highest BCUT2D eigenvalue weighted by Gasteiger charge is 2.16. The molecule has 0 atom stereocenters. The highest BCUT2D eigenvalue weighted by molar-refractivity contribution is 9.10. The Balaban J connectivity index is 2.41. The van der Waals surface area contributed by atoms with Crippen molar-refractivity contribution < 1.29 is 8.42 Å². The number of hydrogen-bond acceptors (Lipinski definition) is 4. The van der Waals surface area contributed by atoms with Crippen molar-refractivity contribution in [2.75, 3.05) is 4.72 Å². The van der Waals surface area contributed by atoms with E-state index in [0.717, 1.165) is 0 Å². The first-order valence-corrected chi connectivity index (χ1v) is 7.92. The molecular formula is C12H7BrClN3O2S. The van der Waals surface area contributed by atoms with Crippen LogP contribution in [0.2, 0.25) is 5.15 Å². The van der Waals surface area contributed by atoms with Crippen molar-refractivity contribution in [2.24, 2.45) is 0 Å². The molecule has 8 heteroatoms. The van der Waals surface area contributed by atoms with E-state index in [1.165, 1.54) is 36.5 Å². The first-order valence-electron chi connectivity index (χ1n) is 5.26. The van der Waals surface area contributed by atoms with E-state index < -0.39 is 10.0 Å². The van der Waals surface area contributed by atoms with Crippen molar-refractivity contribution in [3.05, 3.63) is 51.7 Å². The van der Waals surface area contributed by atoms with Crippen LogP contribution in [-0.4, -0.2) is 13.4 Å². The van der Waals surface area contributed by atoms with Crippen molar-refractivity contribution in [3.63, 3.8) is 0 Å². The van der Waals surface area contributed by atoms with Gasteiger partial charge in [-0.1, -0.05) is 17.7 Å². The van der Waals surface area contributed by atoms with Gasteiger partial charge in [0, 0.05) is 10.7 Å². The zero-order chi connectivity index (χ0) is 14.8. The van der Waals surface area contributed by atoms with Crippen molar-refractivity contribution in [1.82, 2.24) is 4.98 Å². The van der Waals surface area contributed by atoms with Crippen molar-refractivity contribution >= 4 is 43.2 Å². The largest absolute Gasteiger partial charge is 0.276 e. The maximum atomic E-state index is 12.2. The number of nitrogens with one attached hydrogen (secondary N) is 1. The van der Waals surface area contributed by atoms with Gasteiger partial charge < -0.3 is 0 Å². The molecule has 1 N–H and O–H groups in total. The van der Waals surface area contributed by atoms with E-state index in [2.05, 4.69) is 25.6 Å². The number of hydrogen-bond donors (Lipinski definition) is 1. The van der Waals surface area contributed by atoms with Gasteiger partial charge in [0.2, 0.25) is 0 Å². The third-order valence-corrected chi connectivity index (χ3v) is 4.42. The smallest absolute Gasteiger partial charge is 0.262 e. The quantitative estimate of drug-likeness (QED) is 0.839. The molecule has 102 valence electrons. The van der Waals surface area contributed by atoms with Crippen molar-refractivity contribution in [3.8, 4) is 6.07 Å². The summed E-state index contributed by atoms with van der Waals surface area (Å²) in [5.74, 6) is 0. The molecule has 0 aliphatic rings. The molecule has 0 spiro atoms. The summed E-state index contributed by atoms with van der Waals surface area (Å²) in [6.45, 7) is 0. The number of nitrogens with zero attached hydrogens (tertiary/aromatic N) is 2. The first-order chi connectivity index (χ1) is 9.42. The average Bonchev–Trinajstić information content (AvgIpc) is 2.43. The molecule has 0 amide bonds. The third kappa shape index (κ3) is 3.28. The lowest BCUT2D eigenvalue weighted by Gasteiger charge is -2.09. The zero-order valence-electron chi connectivity index (χ0n) is 9.84. The van der Waals surface area contributed by atoms with E-state index in [4.69, 9.17) is 16.9 Å². The Kier molecular flexibility index (Phi) is 4.28. The molecule has 5 nitrogen and oxygen atoms in total. The monoisotopic (exact) mass is 371 g/mol. The molecule has 0 radical (unpaired) electrons. The van der Waals surface area contributed by atoms with E-state index >= 15 is 0 Å². The fraction of sp³-hybridized carbons (Fsp3) is 0. The van der Waals surface area contributed by atoms with Crippen LogP contribution in [-0.2, 0) is 10.0 Å². The molecule has 0 unspecified atom stereocenters. The summed E-state index contributed by atoms with van der Waals surface area (Å²) in [5, 5.41) is 8.83. The minimum absolute atomic E-state index is 0.0207. The Morgan fingerprint density at radius 1 is 1.35 bits per heavy atom. The van der Waals surface area contributed by atoms with Crippen LogP contribution in [0.4, 0.5) is 5.69 Å². The van der Waals surface area contributed by atoms with E-state index in [1.807, 2.05) is 6.07 Å². The van der Waals surface area contributed by atoms with Crippen molar-refractivity contribution in [2.45, 2.75) is 4.90 Å². The molecule has 1 heterocycles. The van der Waals surface area contributed by atoms with Crippen LogP contribution < -0.4 is 4.72 Å². The molecule has 0 saturated carbocycles. The number of benzene rings is 1. The highest BCUT2D eigenvalue weighted by atomic mass is 79.9. The minimum atomic E-state index is -3.83. The van der Waals surface area contributed by atoms with Crippen LogP contribution in [0, 0.1) is 11.3 Å². The summed E-state index contributed by atoms with van der Waals surface area (Å²) in [5.41, 5.74) is 0.412. The molecule has 20 heavy (non-hydrogen) atoms. The topological polar surface area (TPSA) is 82.8 Å². The van der Waals surface area contributed by atoms with Gasteiger partial charge in [0.15, 0.2) is 5.15 Å². The van der Waals surface area contributed by atoms with Gasteiger partial charge in [-0.05, 0) is 40.2 Å². The van der Waals surface area contributed by atoms with Crippen LogP contribution in [0.1, 0.15) is 5.56 Å². The Morgan fingerprint density at radius 2 is 2.10 bits per heavy atom. The second kappa shape index (κ2) is 5.79. The molecule has 0 aliphatic heterocycles. The molecule has 1 aromatic carbocycles. The number of aromatic nitrogens is 1. The molecule has 0 bridgehead atoms. The maximum absolute atomic E-state index is 12.2. The minimum Gasteiger partial charge on any atom is -0.276 e. The predicted molar refractivity (Wildman–Crippen MR) is 78.9 cm³/mol. The van der Waals surface area contributed by atoms with Gasteiger partial charge in [-0.25, -0.2) is 13.4 Å². The maximum Gasteiger partial charge on any atom is 0.262 e. The van der Waals surface area contributed by atoms with Crippen molar-refractivity contribution in [1.29, 1.82) is 5.26 Å². The lowest BCUT2D eigenvalue weighted by Crippen LogP contribution is -2.13. The van der Waals surface area contributed by atoms with Gasteiger partial charge >= 0.3 is 0 Å². The van der Waals surface area contributed by atoms with E-state index in [-0.39, 0.29) is 21.3 Å². The van der Waals surface area contributed by atoms with Gasteiger partial charge in [-0.2, -0.15) is 5.26 Å². The van der Waals surface area contributed by atoms with Gasteiger partial charge in [-0.15, -0.1) is 0 Å². The Morgan fingerprint density at radius 3 is 2.80 bits per heavy atom. The summed E-state index contributed by atoms with van der Waals surface area (Å²) in [4.78, 5) is 3.81. The van der Waals surface area contributed by atoms with Crippen LogP contribution in [0.15, 0.2) is 45.9 Å². The molecule has 1 aromatic heterocycles. The summed E-state index contributed by atoms with van der Waals surface area (Å²) >= 11 is 9.02. The average molecular weight is 373 g/mol. The van der Waals surface area contributed by atoms with Gasteiger partial charge in [0.05, 0.1) is 22.2 Å². The highest BCUT2D eigenvalue weighted by Crippen LogP contribution is 2.25. The SMILES string of the molecule is N#Cc1cccc(S(=O)(=O)Nc2cc(Br)cnc2Cl)c1. The number of anilines is 1. The third-order valence-electron chi connectivity index (χ3n) is 2.32. The fourth-order valence-corrected chi connectivity index (χ4v) is 3.07. The number of nitriles is 1. The number of pyridine rings is 1. The van der Waals surface area contributed by atoms with E-state index in [0.29, 0.717) is 4.47 Å². The van der Waals surface area contributed by atoms with E-state index in [9.17, 15) is 8.42 Å². The van der Waals surface area contributed by atoms with Crippen LogP contribution in [0.25, 0.3) is 0 Å². The Hall–Kier alpha value is -1.62. The Bertz CT molecular complexity index is 803. The normalized spacial score (nSPS) is 10.8. The molecule has 0 saturated heterocycles. The molecule has 0 fully saturated rings. The number of sulfonamides is 1. The molecule has 2 aromatic rings. The first kappa shape index (κ1) is 14.8. The number of rotatable bonds is 3. The summed E-state index contributed by atoms with van der Waals surface area (Å²) < 4.78 is 27.3. The van der Waals surface area contributed by atoms with Crippen LogP contribution in [0.3, 0.4) is 0 Å². The summed E-state index contributed by atoms with van der Waals surface area (Å²) in [6.07, 6.45) is 1.45. The lowest BCUT2D eigenvalue weighted by atomic mass is 10.2. The van der Waals surface area contributed by atoms with Gasteiger partial charge in [-0.3, -0.25) is 4.72 Å². The van der Waals surface area contributed by atoms with Crippen LogP contribution in [0.5, 0.6) is 0 Å². The fourth-order valence-electron chi connectivity index (χ4n) is 1.43. The molecule has 2 rings (SSSR count). The predicted octanol–water partition coefficient (Wildman–Crippen LogP) is 3.17. The molecular weight excluding hydrogens is 366 g/mol. The van der Waals surface area contributed by atoms with E-state index in [1.54, 1.807) is 0 Å². The standard InChI is InChI=1S/C12H7BrClN3O2S/c13-9-5-11(12(14)16-7-9)17-20(18,19)10-3-1-2-8(4-10)6-15/h1-5,7,17H. The second-order valence-corrected chi connectivity index (χ2v) is 6.69. The second-order valence-electron chi connectivity index (χ2n) is 3.74. The van der Waals surface area contributed by atoms with Gasteiger partial charge in [0.25, 0.3) is 10.0 Å². The Labute approximate surface area is 129 Å². The summed E-state index contributed by atoms with van der Waals surface area (Å²) in [7, 11) is -3.83. The molecule has 0 aliphatic carbocycles.